The lowest BCUT2D eigenvalue weighted by Gasteiger charge is -2.34. The molecule has 11 heteroatoms. The van der Waals surface area contributed by atoms with E-state index in [1.165, 1.54) is 21.3 Å². The second-order valence-corrected chi connectivity index (χ2v) is 9.30. The standard InChI is InChI=1S/C22H26F2N2O6S/c1-30-18-12-15(13-19(31-2)22(18)32-3)4-7-21(27)25-8-10-26(11-9-25)33(28,29)20-6-5-16(23)14-17(20)24/h5-6,12-14H,4,7-11H2,1-3H3. The van der Waals surface area contributed by atoms with E-state index in [9.17, 15) is 22.0 Å². The number of sulfonamides is 1. The van der Waals surface area contributed by atoms with E-state index in [1.54, 1.807) is 17.0 Å². The average Bonchev–Trinajstić information content (AvgIpc) is 2.81. The van der Waals surface area contributed by atoms with Gasteiger partial charge in [-0.05, 0) is 36.2 Å². The number of hydrogen-bond acceptors (Lipinski definition) is 6. The molecular formula is C22H26F2N2O6S. The number of halogens is 2. The Kier molecular flexibility index (Phi) is 7.75. The van der Waals surface area contributed by atoms with E-state index < -0.39 is 26.6 Å². The van der Waals surface area contributed by atoms with Crippen LogP contribution in [0.3, 0.4) is 0 Å². The van der Waals surface area contributed by atoms with Crippen LogP contribution in [0.4, 0.5) is 8.78 Å². The van der Waals surface area contributed by atoms with Gasteiger partial charge in [-0.15, -0.1) is 0 Å². The Morgan fingerprint density at radius 2 is 1.55 bits per heavy atom. The van der Waals surface area contributed by atoms with Crippen LogP contribution in [0.5, 0.6) is 17.2 Å². The molecule has 1 fully saturated rings. The van der Waals surface area contributed by atoms with Crippen molar-refractivity contribution in [1.82, 2.24) is 9.21 Å². The monoisotopic (exact) mass is 484 g/mol. The molecule has 0 spiro atoms. The van der Waals surface area contributed by atoms with Crippen molar-refractivity contribution in [3.8, 4) is 17.2 Å². The zero-order valence-corrected chi connectivity index (χ0v) is 19.5. The molecule has 0 radical (unpaired) electrons. The summed E-state index contributed by atoms with van der Waals surface area (Å²) in [6.45, 7) is 0.399. The normalized spacial score (nSPS) is 14.8. The molecule has 0 atom stereocenters. The Labute approximate surface area is 191 Å². The summed E-state index contributed by atoms with van der Waals surface area (Å²) in [6, 6.07) is 5.90. The maximum Gasteiger partial charge on any atom is 0.246 e. The zero-order chi connectivity index (χ0) is 24.2. The third-order valence-electron chi connectivity index (χ3n) is 5.46. The third kappa shape index (κ3) is 5.36. The first-order chi connectivity index (χ1) is 15.7. The van der Waals surface area contributed by atoms with Crippen LogP contribution in [0.15, 0.2) is 35.2 Å². The Morgan fingerprint density at radius 1 is 0.939 bits per heavy atom. The molecule has 0 N–H and O–H groups in total. The van der Waals surface area contributed by atoms with Gasteiger partial charge in [0.25, 0.3) is 0 Å². The van der Waals surface area contributed by atoms with Crippen molar-refractivity contribution < 1.29 is 36.2 Å². The number of ether oxygens (including phenoxy) is 3. The van der Waals surface area contributed by atoms with Crippen LogP contribution < -0.4 is 14.2 Å². The number of amides is 1. The SMILES string of the molecule is COc1cc(CCC(=O)N2CCN(S(=O)(=O)c3ccc(F)cc3F)CC2)cc(OC)c1OC. The van der Waals surface area contributed by atoms with Gasteiger partial charge < -0.3 is 19.1 Å². The first-order valence-electron chi connectivity index (χ1n) is 10.2. The number of carbonyl (C=O) groups is 1. The summed E-state index contributed by atoms with van der Waals surface area (Å²) in [5.74, 6) is -0.677. The summed E-state index contributed by atoms with van der Waals surface area (Å²) >= 11 is 0. The van der Waals surface area contributed by atoms with Gasteiger partial charge in [0, 0.05) is 38.7 Å². The van der Waals surface area contributed by atoms with Crippen LogP contribution in [-0.2, 0) is 21.2 Å². The Hall–Kier alpha value is -2.92. The minimum Gasteiger partial charge on any atom is -0.493 e. The molecule has 0 bridgehead atoms. The molecule has 0 aromatic heterocycles. The molecule has 33 heavy (non-hydrogen) atoms. The van der Waals surface area contributed by atoms with E-state index >= 15 is 0 Å². The molecule has 1 heterocycles. The van der Waals surface area contributed by atoms with Gasteiger partial charge in [-0.25, -0.2) is 17.2 Å². The van der Waals surface area contributed by atoms with Crippen molar-refractivity contribution >= 4 is 15.9 Å². The van der Waals surface area contributed by atoms with Gasteiger partial charge in [-0.3, -0.25) is 4.79 Å². The van der Waals surface area contributed by atoms with Crippen molar-refractivity contribution in [1.29, 1.82) is 0 Å². The Morgan fingerprint density at radius 3 is 2.06 bits per heavy atom. The average molecular weight is 485 g/mol. The van der Waals surface area contributed by atoms with Gasteiger partial charge in [0.1, 0.15) is 16.5 Å². The van der Waals surface area contributed by atoms with E-state index in [0.29, 0.717) is 29.7 Å². The molecular weight excluding hydrogens is 458 g/mol. The van der Waals surface area contributed by atoms with Crippen LogP contribution >= 0.6 is 0 Å². The first kappa shape index (κ1) is 24.7. The highest BCUT2D eigenvalue weighted by molar-refractivity contribution is 7.89. The van der Waals surface area contributed by atoms with Crippen molar-refractivity contribution in [3.05, 3.63) is 47.5 Å². The summed E-state index contributed by atoms with van der Waals surface area (Å²) in [4.78, 5) is 13.7. The second kappa shape index (κ2) is 10.3. The second-order valence-electron chi connectivity index (χ2n) is 7.39. The lowest BCUT2D eigenvalue weighted by molar-refractivity contribution is -0.132. The molecule has 180 valence electrons. The summed E-state index contributed by atoms with van der Waals surface area (Å²) in [5, 5.41) is 0. The smallest absolute Gasteiger partial charge is 0.246 e. The molecule has 1 amide bonds. The van der Waals surface area contributed by atoms with E-state index in [2.05, 4.69) is 0 Å². The molecule has 2 aromatic rings. The van der Waals surface area contributed by atoms with Gasteiger partial charge in [-0.2, -0.15) is 4.31 Å². The van der Waals surface area contributed by atoms with Gasteiger partial charge in [-0.1, -0.05) is 0 Å². The first-order valence-corrected chi connectivity index (χ1v) is 11.7. The van der Waals surface area contributed by atoms with Crippen molar-refractivity contribution in [2.24, 2.45) is 0 Å². The number of hydrogen-bond donors (Lipinski definition) is 0. The highest BCUT2D eigenvalue weighted by atomic mass is 32.2. The number of nitrogens with zero attached hydrogens (tertiary/aromatic N) is 2. The third-order valence-corrected chi connectivity index (χ3v) is 7.39. The maximum absolute atomic E-state index is 14.0. The lowest BCUT2D eigenvalue weighted by Crippen LogP contribution is -2.50. The van der Waals surface area contributed by atoms with Gasteiger partial charge in [0.2, 0.25) is 21.7 Å². The number of rotatable bonds is 8. The fourth-order valence-electron chi connectivity index (χ4n) is 3.69. The highest BCUT2D eigenvalue weighted by Gasteiger charge is 2.32. The Bertz CT molecular complexity index is 1090. The molecule has 0 saturated carbocycles. The van der Waals surface area contributed by atoms with E-state index in [-0.39, 0.29) is 38.5 Å². The van der Waals surface area contributed by atoms with E-state index in [0.717, 1.165) is 22.0 Å². The topological polar surface area (TPSA) is 85.4 Å². The van der Waals surface area contributed by atoms with Crippen LogP contribution in [0.1, 0.15) is 12.0 Å². The fourth-order valence-corrected chi connectivity index (χ4v) is 5.16. The molecule has 8 nitrogen and oxygen atoms in total. The van der Waals surface area contributed by atoms with Crippen LogP contribution in [0.2, 0.25) is 0 Å². The maximum atomic E-state index is 14.0. The predicted octanol–water partition coefficient (Wildman–Crippen LogP) is 2.46. The largest absolute Gasteiger partial charge is 0.493 e. The molecule has 3 rings (SSSR count). The molecule has 2 aromatic carbocycles. The molecule has 0 aliphatic carbocycles. The van der Waals surface area contributed by atoms with Gasteiger partial charge in [0.15, 0.2) is 11.5 Å². The molecule has 1 saturated heterocycles. The predicted molar refractivity (Wildman–Crippen MR) is 116 cm³/mol. The minimum atomic E-state index is -4.12. The quantitative estimate of drug-likeness (QED) is 0.572. The van der Waals surface area contributed by atoms with E-state index in [1.807, 2.05) is 0 Å². The molecule has 1 aliphatic heterocycles. The minimum absolute atomic E-state index is 0.0229. The van der Waals surface area contributed by atoms with Crippen LogP contribution in [0, 0.1) is 11.6 Å². The number of methoxy groups -OCH3 is 3. The molecule has 0 unspecified atom stereocenters. The van der Waals surface area contributed by atoms with E-state index in [4.69, 9.17) is 14.2 Å². The number of benzene rings is 2. The fraction of sp³-hybridized carbons (Fsp3) is 0.409. The summed E-state index contributed by atoms with van der Waals surface area (Å²) in [6.07, 6.45) is 0.632. The lowest BCUT2D eigenvalue weighted by atomic mass is 10.1. The summed E-state index contributed by atoms with van der Waals surface area (Å²) in [7, 11) is 0.409. The number of aryl methyl sites for hydroxylation is 1. The summed E-state index contributed by atoms with van der Waals surface area (Å²) < 4.78 is 69.6. The zero-order valence-electron chi connectivity index (χ0n) is 18.6. The number of piperazine rings is 1. The number of carbonyl (C=O) groups excluding carboxylic acids is 1. The molecule has 1 aliphatic rings. The van der Waals surface area contributed by atoms with Gasteiger partial charge >= 0.3 is 0 Å². The van der Waals surface area contributed by atoms with Crippen molar-refractivity contribution in [2.75, 3.05) is 47.5 Å². The highest BCUT2D eigenvalue weighted by Crippen LogP contribution is 2.38. The van der Waals surface area contributed by atoms with Gasteiger partial charge in [0.05, 0.1) is 21.3 Å². The van der Waals surface area contributed by atoms with Crippen molar-refractivity contribution in [2.45, 2.75) is 17.7 Å². The van der Waals surface area contributed by atoms with Crippen LogP contribution in [-0.4, -0.2) is 71.0 Å². The van der Waals surface area contributed by atoms with Crippen molar-refractivity contribution in [3.63, 3.8) is 0 Å². The Balaban J connectivity index is 1.61. The van der Waals surface area contributed by atoms with Crippen LogP contribution in [0.25, 0.3) is 0 Å². The summed E-state index contributed by atoms with van der Waals surface area (Å²) in [5.41, 5.74) is 0.825.